The van der Waals surface area contributed by atoms with Crippen LogP contribution < -0.4 is 0 Å². The Morgan fingerprint density at radius 3 is 2.72 bits per heavy atom. The summed E-state index contributed by atoms with van der Waals surface area (Å²) in [5, 5.41) is 6.14. The number of nitrogens with zero attached hydrogens (tertiary/aromatic N) is 3. The van der Waals surface area contributed by atoms with E-state index < -0.39 is 0 Å². The van der Waals surface area contributed by atoms with Crippen molar-refractivity contribution in [2.45, 2.75) is 50.9 Å². The van der Waals surface area contributed by atoms with Gasteiger partial charge in [-0.3, -0.25) is 9.69 Å². The van der Waals surface area contributed by atoms with Crippen molar-refractivity contribution >= 4 is 17.1 Å². The molecule has 2 aromatic heterocycles. The SMILES string of the molecule is O=C(CN1CCC(c2nc(-c3cccs3)no2)CC1)C1CCCCC1. The van der Waals surface area contributed by atoms with E-state index in [0.717, 1.165) is 49.5 Å². The van der Waals surface area contributed by atoms with Crippen LogP contribution in [0.3, 0.4) is 0 Å². The van der Waals surface area contributed by atoms with Gasteiger partial charge in [-0.05, 0) is 50.2 Å². The predicted molar refractivity (Wildman–Crippen MR) is 97.6 cm³/mol. The van der Waals surface area contributed by atoms with Crippen LogP contribution in [0.2, 0.25) is 0 Å². The molecule has 2 fully saturated rings. The molecule has 0 spiro atoms. The molecule has 0 bridgehead atoms. The quantitative estimate of drug-likeness (QED) is 0.803. The highest BCUT2D eigenvalue weighted by molar-refractivity contribution is 7.13. The second kappa shape index (κ2) is 7.79. The van der Waals surface area contributed by atoms with E-state index in [-0.39, 0.29) is 0 Å². The number of carbonyl (C=O) groups excluding carboxylic acids is 1. The van der Waals surface area contributed by atoms with Crippen LogP contribution in [-0.2, 0) is 4.79 Å². The van der Waals surface area contributed by atoms with Crippen LogP contribution >= 0.6 is 11.3 Å². The first-order chi connectivity index (χ1) is 12.3. The molecular weight excluding hydrogens is 334 g/mol. The molecule has 1 saturated carbocycles. The molecule has 0 radical (unpaired) electrons. The van der Waals surface area contributed by atoms with Crippen LogP contribution in [-0.4, -0.2) is 40.5 Å². The number of carbonyl (C=O) groups is 1. The third-order valence-electron chi connectivity index (χ3n) is 5.56. The standard InChI is InChI=1S/C19H25N3O2S/c23-16(14-5-2-1-3-6-14)13-22-10-8-15(9-11-22)19-20-18(21-24-19)17-7-4-12-25-17/h4,7,12,14-15H,1-3,5-6,8-11,13H2. The van der Waals surface area contributed by atoms with E-state index in [9.17, 15) is 4.79 Å². The zero-order valence-corrected chi connectivity index (χ0v) is 15.3. The summed E-state index contributed by atoms with van der Waals surface area (Å²) in [4.78, 5) is 20.4. The van der Waals surface area contributed by atoms with Crippen LogP contribution in [0.15, 0.2) is 22.0 Å². The van der Waals surface area contributed by atoms with Gasteiger partial charge in [0.15, 0.2) is 0 Å². The zero-order chi connectivity index (χ0) is 17.1. The molecule has 1 saturated heterocycles. The van der Waals surface area contributed by atoms with Crippen molar-refractivity contribution in [1.29, 1.82) is 0 Å². The van der Waals surface area contributed by atoms with Crippen molar-refractivity contribution < 1.29 is 9.32 Å². The molecule has 0 atom stereocenters. The van der Waals surface area contributed by atoms with Crippen molar-refractivity contribution in [3.05, 3.63) is 23.4 Å². The van der Waals surface area contributed by atoms with Gasteiger partial charge >= 0.3 is 0 Å². The highest BCUT2D eigenvalue weighted by Crippen LogP contribution is 2.30. The fourth-order valence-electron chi connectivity index (χ4n) is 4.02. The molecule has 134 valence electrons. The Morgan fingerprint density at radius 1 is 1.20 bits per heavy atom. The first-order valence-corrected chi connectivity index (χ1v) is 10.3. The zero-order valence-electron chi connectivity index (χ0n) is 14.5. The van der Waals surface area contributed by atoms with Crippen LogP contribution in [0.1, 0.15) is 56.8 Å². The van der Waals surface area contributed by atoms with Gasteiger partial charge in [0.25, 0.3) is 0 Å². The summed E-state index contributed by atoms with van der Waals surface area (Å²) in [6, 6.07) is 4.01. The van der Waals surface area contributed by atoms with Gasteiger partial charge in [0, 0.05) is 11.8 Å². The average Bonchev–Trinajstić information content (AvgIpc) is 3.35. The van der Waals surface area contributed by atoms with Crippen LogP contribution in [0.5, 0.6) is 0 Å². The lowest BCUT2D eigenvalue weighted by Crippen LogP contribution is -2.39. The maximum atomic E-state index is 12.5. The van der Waals surface area contributed by atoms with Crippen molar-refractivity contribution in [2.24, 2.45) is 5.92 Å². The molecule has 3 heterocycles. The number of ketones is 1. The van der Waals surface area contributed by atoms with Crippen LogP contribution in [0.25, 0.3) is 10.7 Å². The molecule has 1 aliphatic carbocycles. The van der Waals surface area contributed by atoms with Crippen LogP contribution in [0.4, 0.5) is 0 Å². The van der Waals surface area contributed by atoms with E-state index in [1.54, 1.807) is 11.3 Å². The van der Waals surface area contributed by atoms with E-state index in [4.69, 9.17) is 4.52 Å². The van der Waals surface area contributed by atoms with Crippen molar-refractivity contribution in [3.63, 3.8) is 0 Å². The lowest BCUT2D eigenvalue weighted by Gasteiger charge is -2.31. The Balaban J connectivity index is 1.29. The summed E-state index contributed by atoms with van der Waals surface area (Å²) in [5.41, 5.74) is 0. The molecule has 0 unspecified atom stereocenters. The third-order valence-corrected chi connectivity index (χ3v) is 6.43. The highest BCUT2D eigenvalue weighted by atomic mass is 32.1. The molecule has 4 rings (SSSR count). The fourth-order valence-corrected chi connectivity index (χ4v) is 4.67. The topological polar surface area (TPSA) is 59.2 Å². The lowest BCUT2D eigenvalue weighted by atomic mass is 9.86. The Labute approximate surface area is 152 Å². The van der Waals surface area contributed by atoms with Gasteiger partial charge in [0.2, 0.25) is 11.7 Å². The molecule has 0 aromatic carbocycles. The van der Waals surface area contributed by atoms with Gasteiger partial charge in [-0.25, -0.2) is 0 Å². The van der Waals surface area contributed by atoms with Gasteiger partial charge in [0.1, 0.15) is 5.78 Å². The number of piperidine rings is 1. The molecule has 5 nitrogen and oxygen atoms in total. The summed E-state index contributed by atoms with van der Waals surface area (Å²) < 4.78 is 5.50. The number of Topliss-reactive ketones (excluding diaryl/α,β-unsaturated/α-hetero) is 1. The first-order valence-electron chi connectivity index (χ1n) is 9.42. The number of rotatable bonds is 5. The van der Waals surface area contributed by atoms with E-state index in [2.05, 4.69) is 15.0 Å². The smallest absolute Gasteiger partial charge is 0.230 e. The minimum Gasteiger partial charge on any atom is -0.339 e. The largest absolute Gasteiger partial charge is 0.339 e. The van der Waals surface area contributed by atoms with Gasteiger partial charge in [0.05, 0.1) is 11.4 Å². The molecule has 1 aliphatic heterocycles. The van der Waals surface area contributed by atoms with Crippen molar-refractivity contribution in [1.82, 2.24) is 15.0 Å². The maximum absolute atomic E-state index is 12.5. The van der Waals surface area contributed by atoms with Gasteiger partial charge in [-0.2, -0.15) is 4.98 Å². The van der Waals surface area contributed by atoms with E-state index in [0.29, 0.717) is 30.0 Å². The predicted octanol–water partition coefficient (Wildman–Crippen LogP) is 4.13. The molecule has 0 amide bonds. The Bertz CT molecular complexity index is 683. The Kier molecular flexibility index (Phi) is 5.27. The second-order valence-electron chi connectivity index (χ2n) is 7.29. The molecule has 2 aromatic rings. The number of hydrogen-bond donors (Lipinski definition) is 0. The molecular formula is C19H25N3O2S. The average molecular weight is 359 g/mol. The molecule has 25 heavy (non-hydrogen) atoms. The highest BCUT2D eigenvalue weighted by Gasteiger charge is 2.28. The van der Waals surface area contributed by atoms with Crippen molar-refractivity contribution in [3.8, 4) is 10.7 Å². The lowest BCUT2D eigenvalue weighted by molar-refractivity contribution is -0.125. The fraction of sp³-hybridized carbons (Fsp3) is 0.632. The number of likely N-dealkylation sites (tertiary alicyclic amines) is 1. The van der Waals surface area contributed by atoms with Gasteiger partial charge in [-0.1, -0.05) is 30.5 Å². The monoisotopic (exact) mass is 359 g/mol. The molecule has 0 N–H and O–H groups in total. The first kappa shape index (κ1) is 16.9. The van der Waals surface area contributed by atoms with E-state index >= 15 is 0 Å². The molecule has 2 aliphatic rings. The number of hydrogen-bond acceptors (Lipinski definition) is 6. The third kappa shape index (κ3) is 4.01. The summed E-state index contributed by atoms with van der Waals surface area (Å²) in [5.74, 6) is 2.54. The number of aromatic nitrogens is 2. The summed E-state index contributed by atoms with van der Waals surface area (Å²) in [7, 11) is 0. The Hall–Kier alpha value is -1.53. The van der Waals surface area contributed by atoms with Gasteiger partial charge < -0.3 is 4.52 Å². The molecule has 6 heteroatoms. The summed E-state index contributed by atoms with van der Waals surface area (Å²) in [6.07, 6.45) is 7.93. The maximum Gasteiger partial charge on any atom is 0.230 e. The van der Waals surface area contributed by atoms with Crippen LogP contribution in [0, 0.1) is 5.92 Å². The Morgan fingerprint density at radius 2 is 2.00 bits per heavy atom. The normalized spacial score (nSPS) is 20.8. The summed E-state index contributed by atoms with van der Waals surface area (Å²) >= 11 is 1.63. The number of thiophene rings is 1. The van der Waals surface area contributed by atoms with E-state index in [1.165, 1.54) is 19.3 Å². The summed E-state index contributed by atoms with van der Waals surface area (Å²) in [6.45, 7) is 2.52. The van der Waals surface area contributed by atoms with Crippen molar-refractivity contribution in [2.75, 3.05) is 19.6 Å². The second-order valence-corrected chi connectivity index (χ2v) is 8.23. The minimum absolute atomic E-state index is 0.316. The van der Waals surface area contributed by atoms with Gasteiger partial charge in [-0.15, -0.1) is 11.3 Å². The minimum atomic E-state index is 0.316. The van der Waals surface area contributed by atoms with E-state index in [1.807, 2.05) is 17.5 Å².